The molecule has 38 heavy (non-hydrogen) atoms. The predicted octanol–water partition coefficient (Wildman–Crippen LogP) is -0.181. The third-order valence-electron chi connectivity index (χ3n) is 5.54. The molecule has 0 saturated carbocycles. The molecule has 1 aromatic heterocycles. The van der Waals surface area contributed by atoms with Gasteiger partial charge in [0.1, 0.15) is 0 Å². The Morgan fingerprint density at radius 1 is 0.947 bits per heavy atom. The quantitative estimate of drug-likeness (QED) is 0.243. The van der Waals surface area contributed by atoms with Crippen LogP contribution in [0.1, 0.15) is 40.7 Å². The summed E-state index contributed by atoms with van der Waals surface area (Å²) in [7, 11) is 0. The number of rotatable bonds is 8. The van der Waals surface area contributed by atoms with E-state index in [4.69, 9.17) is 23.7 Å². The standard InChI is InChI=1S/C24H28N2O11Se/c1-11(26-23(32)16-8-6-7-9-18(16)38-26)22(31)25-19-21(35-14(4)29)20(34-13(3)28)17(10-33-12(2)27)37-24(19)36-15(5)30/h6-9,11,17,19-21,24H,10H2,1-5H3,(H,25,31)/t11-,17+,19+,20+,21+,24+/m0/s1. The van der Waals surface area contributed by atoms with E-state index in [1.165, 1.54) is 10.5 Å². The molecule has 2 heterocycles. The van der Waals surface area contributed by atoms with Crippen LogP contribution in [0, 0.1) is 0 Å². The molecule has 1 aliphatic rings. The van der Waals surface area contributed by atoms with Crippen LogP contribution in [0.15, 0.2) is 29.1 Å². The summed E-state index contributed by atoms with van der Waals surface area (Å²) in [5, 5.41) is 3.15. The van der Waals surface area contributed by atoms with E-state index >= 15 is 0 Å². The van der Waals surface area contributed by atoms with Crippen LogP contribution in [-0.2, 0) is 47.7 Å². The number of fused-ring (bicyclic) bond motifs is 1. The number of amides is 1. The summed E-state index contributed by atoms with van der Waals surface area (Å²) in [6, 6.07) is 4.72. The fourth-order valence-electron chi connectivity index (χ4n) is 3.96. The van der Waals surface area contributed by atoms with Crippen molar-refractivity contribution in [3.8, 4) is 0 Å². The van der Waals surface area contributed by atoms with Gasteiger partial charge in [0, 0.05) is 0 Å². The normalized spacial score (nSPS) is 23.7. The Bertz CT molecular complexity index is 1290. The molecule has 14 heteroatoms. The number of hydrogen-bond acceptors (Lipinski definition) is 11. The van der Waals surface area contributed by atoms with Crippen LogP contribution in [0.4, 0.5) is 0 Å². The number of hydrogen-bond donors (Lipinski definition) is 1. The Balaban J connectivity index is 1.98. The molecular formula is C24H28N2O11Se. The average Bonchev–Trinajstić information content (AvgIpc) is 3.16. The second-order valence-electron chi connectivity index (χ2n) is 8.53. The minimum atomic E-state index is -1.52. The van der Waals surface area contributed by atoms with E-state index in [0.717, 1.165) is 32.0 Å². The zero-order chi connectivity index (χ0) is 28.1. The first-order valence-corrected chi connectivity index (χ1v) is 13.2. The summed E-state index contributed by atoms with van der Waals surface area (Å²) >= 11 is -0.465. The topological polar surface area (TPSA) is 166 Å². The van der Waals surface area contributed by atoms with Gasteiger partial charge in [0.05, 0.1) is 0 Å². The van der Waals surface area contributed by atoms with E-state index in [2.05, 4.69) is 5.32 Å². The SMILES string of the molecule is CC(=O)OC[C@H]1O[C@@H](OC(C)=O)[C@H](NC(=O)[C@H](C)n2[se]c3ccccc3c2=O)[C@@H](OC(C)=O)[C@@H]1OC(C)=O. The van der Waals surface area contributed by atoms with Crippen molar-refractivity contribution in [1.29, 1.82) is 0 Å². The van der Waals surface area contributed by atoms with E-state index in [9.17, 15) is 28.8 Å². The molecule has 206 valence electrons. The van der Waals surface area contributed by atoms with Gasteiger partial charge in [0.2, 0.25) is 0 Å². The summed E-state index contributed by atoms with van der Waals surface area (Å²) in [4.78, 5) is 73.5. The molecule has 0 radical (unpaired) electrons. The molecule has 6 atom stereocenters. The van der Waals surface area contributed by atoms with Crippen molar-refractivity contribution in [3.05, 3.63) is 34.6 Å². The maximum atomic E-state index is 13.4. The molecule has 1 aromatic carbocycles. The van der Waals surface area contributed by atoms with E-state index in [0.29, 0.717) is 5.39 Å². The fraction of sp³-hybridized carbons (Fsp3) is 0.500. The van der Waals surface area contributed by atoms with Crippen LogP contribution in [-0.4, -0.2) is 85.3 Å². The fourth-order valence-corrected chi connectivity index (χ4v) is 6.14. The predicted molar refractivity (Wildman–Crippen MR) is 130 cm³/mol. The average molecular weight is 599 g/mol. The maximum absolute atomic E-state index is 13.4. The Morgan fingerprint density at radius 3 is 2.13 bits per heavy atom. The number of ether oxygens (including phenoxy) is 5. The summed E-state index contributed by atoms with van der Waals surface area (Å²) in [5.74, 6) is -3.66. The Labute approximate surface area is 223 Å². The van der Waals surface area contributed by atoms with E-state index < -0.39 is 87.8 Å². The number of benzene rings is 1. The first-order chi connectivity index (χ1) is 17.9. The van der Waals surface area contributed by atoms with Gasteiger partial charge in [0.25, 0.3) is 0 Å². The number of nitrogens with zero attached hydrogens (tertiary/aromatic N) is 1. The monoisotopic (exact) mass is 600 g/mol. The molecule has 1 fully saturated rings. The second-order valence-corrected chi connectivity index (χ2v) is 10.7. The molecule has 0 aliphatic carbocycles. The van der Waals surface area contributed by atoms with Gasteiger partial charge in [-0.25, -0.2) is 0 Å². The van der Waals surface area contributed by atoms with Crippen molar-refractivity contribution >= 4 is 54.2 Å². The molecule has 1 N–H and O–H groups in total. The molecule has 0 spiro atoms. The first kappa shape index (κ1) is 29.1. The molecule has 2 aromatic rings. The van der Waals surface area contributed by atoms with Crippen molar-refractivity contribution in [3.63, 3.8) is 0 Å². The zero-order valence-corrected chi connectivity index (χ0v) is 23.0. The molecule has 0 unspecified atom stereocenters. The van der Waals surface area contributed by atoms with Gasteiger partial charge in [-0.3, -0.25) is 0 Å². The van der Waals surface area contributed by atoms with E-state index in [-0.39, 0.29) is 5.56 Å². The van der Waals surface area contributed by atoms with Gasteiger partial charge in [-0.1, -0.05) is 0 Å². The van der Waals surface area contributed by atoms with Crippen molar-refractivity contribution in [1.82, 2.24) is 8.88 Å². The Hall–Kier alpha value is -3.48. The number of aromatic nitrogens is 1. The molecule has 0 bridgehead atoms. The zero-order valence-electron chi connectivity index (χ0n) is 21.3. The Morgan fingerprint density at radius 2 is 1.55 bits per heavy atom. The molecule has 1 amide bonds. The minimum absolute atomic E-state index is 0.310. The van der Waals surface area contributed by atoms with Crippen molar-refractivity contribution in [2.75, 3.05) is 6.61 Å². The summed E-state index contributed by atoms with van der Waals surface area (Å²) in [5.41, 5.74) is -0.310. The van der Waals surface area contributed by atoms with Gasteiger partial charge in [-0.15, -0.1) is 0 Å². The summed E-state index contributed by atoms with van der Waals surface area (Å²) < 4.78 is 29.1. The molecule has 3 rings (SSSR count). The van der Waals surface area contributed by atoms with Gasteiger partial charge in [-0.2, -0.15) is 0 Å². The van der Waals surface area contributed by atoms with Gasteiger partial charge < -0.3 is 0 Å². The summed E-state index contributed by atoms with van der Waals surface area (Å²) in [6.45, 7) is 5.57. The van der Waals surface area contributed by atoms with Crippen LogP contribution in [0.5, 0.6) is 0 Å². The third-order valence-corrected chi connectivity index (χ3v) is 8.12. The van der Waals surface area contributed by atoms with Crippen molar-refractivity contribution in [2.45, 2.75) is 71.3 Å². The Kier molecular flexibility index (Phi) is 9.47. The van der Waals surface area contributed by atoms with Crippen LogP contribution in [0.25, 0.3) is 9.65 Å². The number of nitrogens with one attached hydrogen (secondary N) is 1. The molecule has 1 saturated heterocycles. The first-order valence-electron chi connectivity index (χ1n) is 11.6. The van der Waals surface area contributed by atoms with E-state index in [1.54, 1.807) is 18.2 Å². The van der Waals surface area contributed by atoms with Crippen LogP contribution < -0.4 is 10.9 Å². The van der Waals surface area contributed by atoms with Crippen LogP contribution in [0.2, 0.25) is 0 Å². The third kappa shape index (κ3) is 6.88. The summed E-state index contributed by atoms with van der Waals surface area (Å²) in [6.07, 6.45) is -5.47. The second kappa shape index (κ2) is 12.4. The van der Waals surface area contributed by atoms with Crippen LogP contribution in [0.3, 0.4) is 0 Å². The van der Waals surface area contributed by atoms with E-state index in [1.807, 2.05) is 6.07 Å². The molecule has 13 nitrogen and oxygen atoms in total. The van der Waals surface area contributed by atoms with Gasteiger partial charge in [-0.05, 0) is 0 Å². The molecule has 1 aliphatic heterocycles. The van der Waals surface area contributed by atoms with Crippen LogP contribution >= 0.6 is 0 Å². The van der Waals surface area contributed by atoms with Crippen molar-refractivity contribution < 1.29 is 47.7 Å². The number of esters is 4. The van der Waals surface area contributed by atoms with Crippen molar-refractivity contribution in [2.24, 2.45) is 0 Å². The van der Waals surface area contributed by atoms with Gasteiger partial charge >= 0.3 is 223 Å². The number of carbonyl (C=O) groups excluding carboxylic acids is 5. The number of carbonyl (C=O) groups is 5. The van der Waals surface area contributed by atoms with Gasteiger partial charge in [0.15, 0.2) is 0 Å². The molecular weight excluding hydrogens is 571 g/mol.